The Morgan fingerprint density at radius 1 is 1.11 bits per heavy atom. The van der Waals surface area contributed by atoms with E-state index in [-0.39, 0.29) is 24.3 Å². The van der Waals surface area contributed by atoms with Crippen LogP contribution in [0, 0.1) is 5.92 Å². The maximum Gasteiger partial charge on any atom is 0.551 e. The van der Waals surface area contributed by atoms with Crippen LogP contribution in [0.5, 0.6) is 0 Å². The SMILES string of the molecule is CC(C)C[C@H](NC(=O)C(NC(=O)c1cccc(-c2ccccc2)n1)[C@@H](C)O)B1OC[C@H](C)N[C@H](C)C(=O)O1. The summed E-state index contributed by atoms with van der Waals surface area (Å²) in [6, 6.07) is 12.5. The van der Waals surface area contributed by atoms with Crippen LogP contribution in [-0.2, 0) is 18.9 Å². The standard InChI is InChI=1S/C27H37BN4O6/c1-16(2)14-23(28-37-15-17(3)29-18(4)27(36)38-28)31-26(35)24(19(5)33)32-25(34)22-13-9-12-21(30-22)20-10-7-6-8-11-20/h6-13,16-19,23-24,29,33H,14-15H2,1-5H3,(H,31,35)(H,32,34)/t17-,18+,19+,23-,24?/m0/s1. The van der Waals surface area contributed by atoms with Crippen molar-refractivity contribution in [1.29, 1.82) is 0 Å². The van der Waals surface area contributed by atoms with Gasteiger partial charge in [0, 0.05) is 18.2 Å². The fraction of sp³-hybridized carbons (Fsp3) is 0.481. The van der Waals surface area contributed by atoms with E-state index in [1.54, 1.807) is 25.1 Å². The number of carbonyl (C=O) groups excluding carboxylic acids is 3. The molecule has 3 rings (SSSR count). The lowest BCUT2D eigenvalue weighted by molar-refractivity contribution is -0.140. The smallest absolute Gasteiger partial charge is 0.507 e. The van der Waals surface area contributed by atoms with Gasteiger partial charge < -0.3 is 25.0 Å². The van der Waals surface area contributed by atoms with E-state index in [2.05, 4.69) is 20.9 Å². The first-order chi connectivity index (χ1) is 18.0. The molecular weight excluding hydrogens is 487 g/mol. The zero-order valence-electron chi connectivity index (χ0n) is 22.5. The topological polar surface area (TPSA) is 139 Å². The second-order valence-corrected chi connectivity index (χ2v) is 10.1. The van der Waals surface area contributed by atoms with Crippen LogP contribution in [0.15, 0.2) is 48.5 Å². The first kappa shape index (κ1) is 29.3. The van der Waals surface area contributed by atoms with Crippen LogP contribution >= 0.6 is 0 Å². The summed E-state index contributed by atoms with van der Waals surface area (Å²) >= 11 is 0. The minimum Gasteiger partial charge on any atom is -0.507 e. The largest absolute Gasteiger partial charge is 0.551 e. The lowest BCUT2D eigenvalue weighted by Crippen LogP contribution is -2.60. The van der Waals surface area contributed by atoms with Crippen LogP contribution in [0.25, 0.3) is 11.3 Å². The van der Waals surface area contributed by atoms with Crippen molar-refractivity contribution in [3.05, 3.63) is 54.2 Å². The van der Waals surface area contributed by atoms with Gasteiger partial charge in [-0.25, -0.2) is 4.98 Å². The van der Waals surface area contributed by atoms with Crippen LogP contribution in [0.4, 0.5) is 0 Å². The number of nitrogens with zero attached hydrogens (tertiary/aromatic N) is 1. The quantitative estimate of drug-likeness (QED) is 0.364. The highest BCUT2D eigenvalue weighted by molar-refractivity contribution is 6.49. The molecule has 0 aliphatic carbocycles. The average Bonchev–Trinajstić information content (AvgIpc) is 2.88. The van der Waals surface area contributed by atoms with Crippen LogP contribution in [0.3, 0.4) is 0 Å². The van der Waals surface area contributed by atoms with Crippen molar-refractivity contribution in [3.63, 3.8) is 0 Å². The number of aromatic nitrogens is 1. The molecule has 0 spiro atoms. The minimum atomic E-state index is -1.27. The van der Waals surface area contributed by atoms with Crippen molar-refractivity contribution in [2.24, 2.45) is 5.92 Å². The van der Waals surface area contributed by atoms with Gasteiger partial charge in [0.25, 0.3) is 5.91 Å². The Hall–Kier alpha value is -3.28. The van der Waals surface area contributed by atoms with Gasteiger partial charge in [-0.2, -0.15) is 0 Å². The van der Waals surface area contributed by atoms with E-state index in [9.17, 15) is 19.5 Å². The van der Waals surface area contributed by atoms with Gasteiger partial charge in [0.05, 0.1) is 17.7 Å². The molecule has 38 heavy (non-hydrogen) atoms. The molecule has 5 atom stereocenters. The number of amides is 2. The third kappa shape index (κ3) is 8.11. The molecular formula is C27H37BN4O6. The van der Waals surface area contributed by atoms with Crippen LogP contribution in [0.1, 0.15) is 51.5 Å². The van der Waals surface area contributed by atoms with Gasteiger partial charge >= 0.3 is 13.1 Å². The van der Waals surface area contributed by atoms with E-state index in [1.807, 2.05) is 51.1 Å². The summed E-state index contributed by atoms with van der Waals surface area (Å²) in [7, 11) is -1.02. The first-order valence-corrected chi connectivity index (χ1v) is 12.9. The Bertz CT molecular complexity index is 1100. The average molecular weight is 524 g/mol. The molecule has 1 aromatic carbocycles. The molecule has 1 unspecified atom stereocenters. The fourth-order valence-electron chi connectivity index (χ4n) is 4.20. The minimum absolute atomic E-state index is 0.0978. The molecule has 1 aliphatic heterocycles. The molecule has 1 aromatic heterocycles. The molecule has 4 N–H and O–H groups in total. The number of benzene rings is 1. The summed E-state index contributed by atoms with van der Waals surface area (Å²) in [5.74, 6) is -2.28. The third-order valence-corrected chi connectivity index (χ3v) is 6.12. The number of carbonyl (C=O) groups is 3. The second-order valence-electron chi connectivity index (χ2n) is 10.1. The Morgan fingerprint density at radius 2 is 1.82 bits per heavy atom. The van der Waals surface area contributed by atoms with Gasteiger partial charge in [-0.1, -0.05) is 50.2 Å². The Balaban J connectivity index is 1.76. The Kier molecular flexibility index (Phi) is 10.4. The maximum atomic E-state index is 13.3. The molecule has 1 fully saturated rings. The first-order valence-electron chi connectivity index (χ1n) is 12.9. The lowest BCUT2D eigenvalue weighted by atomic mass is 9.73. The number of aliphatic hydroxyl groups excluding tert-OH is 1. The second kappa shape index (κ2) is 13.5. The highest BCUT2D eigenvalue weighted by atomic mass is 16.6. The van der Waals surface area contributed by atoms with E-state index < -0.39 is 49.0 Å². The molecule has 0 radical (unpaired) electrons. The van der Waals surface area contributed by atoms with E-state index in [1.165, 1.54) is 6.92 Å². The predicted octanol–water partition coefficient (Wildman–Crippen LogP) is 1.73. The van der Waals surface area contributed by atoms with Crippen molar-refractivity contribution in [2.75, 3.05) is 6.61 Å². The van der Waals surface area contributed by atoms with Gasteiger partial charge in [0.15, 0.2) is 0 Å². The van der Waals surface area contributed by atoms with Crippen LogP contribution in [-0.4, -0.2) is 71.8 Å². The van der Waals surface area contributed by atoms with Crippen LogP contribution in [0.2, 0.25) is 0 Å². The molecule has 11 heteroatoms. The molecule has 2 amide bonds. The lowest BCUT2D eigenvalue weighted by Gasteiger charge is -2.32. The summed E-state index contributed by atoms with van der Waals surface area (Å²) in [5.41, 5.74) is 1.56. The van der Waals surface area contributed by atoms with Crippen molar-refractivity contribution in [3.8, 4) is 11.3 Å². The van der Waals surface area contributed by atoms with E-state index in [4.69, 9.17) is 9.31 Å². The van der Waals surface area contributed by atoms with Gasteiger partial charge in [-0.3, -0.25) is 19.7 Å². The van der Waals surface area contributed by atoms with Gasteiger partial charge in [-0.15, -0.1) is 0 Å². The monoisotopic (exact) mass is 524 g/mol. The fourth-order valence-corrected chi connectivity index (χ4v) is 4.20. The van der Waals surface area contributed by atoms with E-state index in [0.717, 1.165) is 5.56 Å². The summed E-state index contributed by atoms with van der Waals surface area (Å²) in [5, 5.41) is 18.9. The third-order valence-electron chi connectivity index (χ3n) is 6.12. The summed E-state index contributed by atoms with van der Waals surface area (Å²) in [6.45, 7) is 9.22. The number of hydrogen-bond donors (Lipinski definition) is 4. The normalized spacial score (nSPS) is 20.5. The van der Waals surface area contributed by atoms with Crippen molar-refractivity contribution in [1.82, 2.24) is 20.9 Å². The number of nitrogens with one attached hydrogen (secondary N) is 3. The molecule has 204 valence electrons. The predicted molar refractivity (Wildman–Crippen MR) is 144 cm³/mol. The van der Waals surface area contributed by atoms with Gasteiger partial charge in [0.1, 0.15) is 17.8 Å². The maximum absolute atomic E-state index is 13.3. The summed E-state index contributed by atoms with van der Waals surface area (Å²) in [6.07, 6.45) is -0.762. The molecule has 2 heterocycles. The van der Waals surface area contributed by atoms with Crippen molar-refractivity contribution in [2.45, 2.75) is 71.2 Å². The molecule has 0 saturated carbocycles. The Labute approximate surface area is 224 Å². The molecule has 1 aliphatic rings. The van der Waals surface area contributed by atoms with Gasteiger partial charge in [-0.05, 0) is 45.2 Å². The summed E-state index contributed by atoms with van der Waals surface area (Å²) in [4.78, 5) is 43.3. The Morgan fingerprint density at radius 3 is 2.47 bits per heavy atom. The summed E-state index contributed by atoms with van der Waals surface area (Å²) < 4.78 is 11.4. The molecule has 0 bridgehead atoms. The zero-order chi connectivity index (χ0) is 27.8. The number of rotatable bonds is 9. The highest BCUT2D eigenvalue weighted by Gasteiger charge is 2.40. The number of pyridine rings is 1. The van der Waals surface area contributed by atoms with Crippen LogP contribution < -0.4 is 16.0 Å². The number of hydrogen-bond acceptors (Lipinski definition) is 8. The highest BCUT2D eigenvalue weighted by Crippen LogP contribution is 2.17. The van der Waals surface area contributed by atoms with E-state index in [0.29, 0.717) is 12.1 Å². The number of aliphatic hydroxyl groups is 1. The van der Waals surface area contributed by atoms with E-state index >= 15 is 0 Å². The van der Waals surface area contributed by atoms with Crippen molar-refractivity contribution < 1.29 is 28.8 Å². The molecule has 1 saturated heterocycles. The molecule has 10 nitrogen and oxygen atoms in total. The van der Waals surface area contributed by atoms with Gasteiger partial charge in [0.2, 0.25) is 5.91 Å². The van der Waals surface area contributed by atoms with Crippen molar-refractivity contribution >= 4 is 24.9 Å². The molecule has 2 aromatic rings. The zero-order valence-corrected chi connectivity index (χ0v) is 22.5.